The van der Waals surface area contributed by atoms with Crippen LogP contribution in [-0.2, 0) is 6.54 Å². The number of nitrogens with two attached hydrogens (primary N) is 1. The van der Waals surface area contributed by atoms with Crippen LogP contribution in [0.15, 0.2) is 23.1 Å². The predicted octanol–water partition coefficient (Wildman–Crippen LogP) is 4.27. The minimum atomic E-state index is -2.70. The van der Waals surface area contributed by atoms with Crippen molar-refractivity contribution in [3.8, 4) is 0 Å². The van der Waals surface area contributed by atoms with Crippen LogP contribution in [0.1, 0.15) is 26.5 Å². The molecule has 0 saturated carbocycles. The van der Waals surface area contributed by atoms with Gasteiger partial charge < -0.3 is 11.1 Å². The number of fused-ring (bicyclic) bond motifs is 1. The van der Waals surface area contributed by atoms with E-state index in [0.717, 1.165) is 28.7 Å². The number of anilines is 1. The first-order chi connectivity index (χ1) is 12.8. The fourth-order valence-corrected chi connectivity index (χ4v) is 4.04. The first-order valence-electron chi connectivity index (χ1n) is 7.81. The number of halogens is 3. The molecule has 10 heteroatoms. The van der Waals surface area contributed by atoms with E-state index in [-0.39, 0.29) is 23.2 Å². The normalized spacial score (nSPS) is 11.3. The van der Waals surface area contributed by atoms with E-state index in [1.54, 1.807) is 0 Å². The van der Waals surface area contributed by atoms with Crippen molar-refractivity contribution in [3.63, 3.8) is 0 Å². The number of alkyl halides is 2. The van der Waals surface area contributed by atoms with Gasteiger partial charge in [0.25, 0.3) is 11.7 Å². The van der Waals surface area contributed by atoms with Crippen LogP contribution in [0.3, 0.4) is 0 Å². The van der Waals surface area contributed by atoms with Gasteiger partial charge in [-0.05, 0) is 37.1 Å². The Labute approximate surface area is 161 Å². The fourth-order valence-electron chi connectivity index (χ4n) is 2.52. The monoisotopic (exact) mass is 412 g/mol. The van der Waals surface area contributed by atoms with Crippen molar-refractivity contribution in [3.05, 3.63) is 45.7 Å². The van der Waals surface area contributed by atoms with Gasteiger partial charge in [0, 0.05) is 16.8 Å². The van der Waals surface area contributed by atoms with Gasteiger partial charge in [-0.2, -0.15) is 13.9 Å². The maximum absolute atomic E-state index is 13.8. The van der Waals surface area contributed by atoms with Crippen LogP contribution in [0.4, 0.5) is 18.9 Å². The van der Waals surface area contributed by atoms with E-state index in [4.69, 9.17) is 5.73 Å². The second-order valence-corrected chi connectivity index (χ2v) is 7.79. The number of hydrogen-bond donors (Lipinski definition) is 2. The van der Waals surface area contributed by atoms with E-state index in [0.29, 0.717) is 26.3 Å². The number of thiophene rings is 1. The molecule has 0 bridgehead atoms. The number of carbonyl (C=O) groups is 1. The lowest BCUT2D eigenvalue weighted by atomic mass is 10.1. The zero-order chi connectivity index (χ0) is 19.7. The Bertz CT molecular complexity index is 1020. The lowest BCUT2D eigenvalue weighted by Crippen LogP contribution is -2.22. The molecule has 5 nitrogen and oxygen atoms in total. The molecule has 142 valence electrons. The molecule has 0 fully saturated rings. The molecule has 1 amide bonds. The molecule has 0 saturated heterocycles. The maximum atomic E-state index is 13.8. The van der Waals surface area contributed by atoms with Gasteiger partial charge in [-0.15, -0.1) is 16.4 Å². The molecule has 0 atom stereocenters. The van der Waals surface area contributed by atoms with Crippen LogP contribution in [0.5, 0.6) is 0 Å². The Kier molecular flexibility index (Phi) is 5.56. The van der Waals surface area contributed by atoms with E-state index in [9.17, 15) is 18.0 Å². The molecule has 0 aliphatic rings. The molecule has 3 N–H and O–H groups in total. The smallest absolute Gasteiger partial charge is 0.289 e. The Balaban J connectivity index is 1.77. The van der Waals surface area contributed by atoms with Crippen LogP contribution in [0.2, 0.25) is 0 Å². The van der Waals surface area contributed by atoms with E-state index in [1.807, 2.05) is 13.8 Å². The van der Waals surface area contributed by atoms with Gasteiger partial charge in [0.2, 0.25) is 0 Å². The summed E-state index contributed by atoms with van der Waals surface area (Å²) in [6.07, 6.45) is 0. The SMILES string of the molecule is Cc1nnc2sc(C(=O)NCc3ccc(SC(F)F)c(F)c3)c(N)c2c1C. The Hall–Kier alpha value is -2.33. The summed E-state index contributed by atoms with van der Waals surface area (Å²) in [5.74, 6) is -3.87. The second kappa shape index (κ2) is 7.73. The van der Waals surface area contributed by atoms with Crippen LogP contribution in [0, 0.1) is 19.7 Å². The van der Waals surface area contributed by atoms with E-state index in [1.165, 1.54) is 12.1 Å². The Morgan fingerprint density at radius 1 is 1.33 bits per heavy atom. The van der Waals surface area contributed by atoms with E-state index in [2.05, 4.69) is 15.5 Å². The minimum Gasteiger partial charge on any atom is -0.397 e. The van der Waals surface area contributed by atoms with Crippen LogP contribution < -0.4 is 11.1 Å². The summed E-state index contributed by atoms with van der Waals surface area (Å²) in [6.45, 7) is 3.70. The lowest BCUT2D eigenvalue weighted by molar-refractivity contribution is 0.0955. The first-order valence-corrected chi connectivity index (χ1v) is 9.50. The van der Waals surface area contributed by atoms with Crippen molar-refractivity contribution >= 4 is 44.9 Å². The molecule has 0 spiro atoms. The topological polar surface area (TPSA) is 80.9 Å². The summed E-state index contributed by atoms with van der Waals surface area (Å²) in [5.41, 5.74) is 8.49. The number of rotatable bonds is 5. The molecule has 0 aliphatic carbocycles. The summed E-state index contributed by atoms with van der Waals surface area (Å²) in [4.78, 5) is 13.2. The second-order valence-electron chi connectivity index (χ2n) is 5.76. The van der Waals surface area contributed by atoms with Crippen molar-refractivity contribution in [2.45, 2.75) is 31.0 Å². The molecule has 1 aromatic carbocycles. The molecule has 0 unspecified atom stereocenters. The number of benzene rings is 1. The number of thioether (sulfide) groups is 1. The fraction of sp³-hybridized carbons (Fsp3) is 0.235. The van der Waals surface area contributed by atoms with Gasteiger partial charge >= 0.3 is 0 Å². The molecule has 0 aliphatic heterocycles. The Morgan fingerprint density at radius 2 is 2.07 bits per heavy atom. The summed E-state index contributed by atoms with van der Waals surface area (Å²) in [7, 11) is 0. The number of aryl methyl sites for hydroxylation is 2. The van der Waals surface area contributed by atoms with Crippen molar-refractivity contribution in [2.24, 2.45) is 0 Å². The van der Waals surface area contributed by atoms with Gasteiger partial charge in [-0.25, -0.2) is 4.39 Å². The van der Waals surface area contributed by atoms with Gasteiger partial charge in [-0.1, -0.05) is 17.8 Å². The highest BCUT2D eigenvalue weighted by Gasteiger charge is 2.20. The van der Waals surface area contributed by atoms with Crippen LogP contribution in [0.25, 0.3) is 10.2 Å². The average molecular weight is 412 g/mol. The highest BCUT2D eigenvalue weighted by molar-refractivity contribution is 7.99. The molecule has 0 radical (unpaired) electrons. The van der Waals surface area contributed by atoms with Gasteiger partial charge in [0.1, 0.15) is 15.5 Å². The van der Waals surface area contributed by atoms with Gasteiger partial charge in [0.05, 0.1) is 11.4 Å². The molecular weight excluding hydrogens is 397 g/mol. The highest BCUT2D eigenvalue weighted by Crippen LogP contribution is 2.34. The van der Waals surface area contributed by atoms with Crippen molar-refractivity contribution < 1.29 is 18.0 Å². The molecule has 2 heterocycles. The molecular formula is C17H15F3N4OS2. The van der Waals surface area contributed by atoms with Gasteiger partial charge in [0.15, 0.2) is 0 Å². The first kappa shape index (κ1) is 19.4. The van der Waals surface area contributed by atoms with E-state index >= 15 is 0 Å². The number of aromatic nitrogens is 2. The third-order valence-electron chi connectivity index (χ3n) is 4.01. The molecule has 27 heavy (non-hydrogen) atoms. The molecule has 2 aromatic heterocycles. The highest BCUT2D eigenvalue weighted by atomic mass is 32.2. The number of amides is 1. The van der Waals surface area contributed by atoms with Crippen molar-refractivity contribution in [1.29, 1.82) is 0 Å². The summed E-state index contributed by atoms with van der Waals surface area (Å²) >= 11 is 1.27. The lowest BCUT2D eigenvalue weighted by Gasteiger charge is -2.07. The number of nitrogens with one attached hydrogen (secondary N) is 1. The van der Waals surface area contributed by atoms with Crippen LogP contribution in [-0.4, -0.2) is 21.9 Å². The number of nitrogens with zero attached hydrogens (tertiary/aromatic N) is 2. The third-order valence-corrected chi connectivity index (χ3v) is 5.86. The number of nitrogen functional groups attached to an aromatic ring is 1. The summed E-state index contributed by atoms with van der Waals surface area (Å²) in [6, 6.07) is 3.88. The van der Waals surface area contributed by atoms with Gasteiger partial charge in [-0.3, -0.25) is 4.79 Å². The minimum absolute atomic E-state index is 0.0345. The quantitative estimate of drug-likeness (QED) is 0.612. The van der Waals surface area contributed by atoms with Crippen LogP contribution >= 0.6 is 23.1 Å². The number of hydrogen-bond acceptors (Lipinski definition) is 6. The molecule has 3 aromatic rings. The standard InChI is InChI=1S/C17H15F3N4OS2/c1-7-8(2)23-24-16-12(7)13(21)14(27-16)15(25)22-6-9-3-4-11(10(18)5-9)26-17(19)20/h3-5,17H,6,21H2,1-2H3,(H,22,25). The predicted molar refractivity (Wildman–Crippen MR) is 101 cm³/mol. The zero-order valence-electron chi connectivity index (χ0n) is 14.3. The largest absolute Gasteiger partial charge is 0.397 e. The summed E-state index contributed by atoms with van der Waals surface area (Å²) < 4.78 is 38.5. The molecule has 3 rings (SSSR count). The average Bonchev–Trinajstić information content (AvgIpc) is 2.95. The third kappa shape index (κ3) is 4.01. The maximum Gasteiger partial charge on any atom is 0.289 e. The van der Waals surface area contributed by atoms with Crippen molar-refractivity contribution in [2.75, 3.05) is 5.73 Å². The zero-order valence-corrected chi connectivity index (χ0v) is 16.0. The number of carbonyl (C=O) groups excluding carboxylic acids is 1. The Morgan fingerprint density at radius 3 is 2.74 bits per heavy atom. The van der Waals surface area contributed by atoms with Crippen molar-refractivity contribution in [1.82, 2.24) is 15.5 Å². The summed E-state index contributed by atoms with van der Waals surface area (Å²) in [5, 5.41) is 11.5. The van der Waals surface area contributed by atoms with E-state index < -0.39 is 17.5 Å².